The van der Waals surface area contributed by atoms with E-state index in [1.165, 1.54) is 23.0 Å². The summed E-state index contributed by atoms with van der Waals surface area (Å²) in [6, 6.07) is 17.0. The van der Waals surface area contributed by atoms with E-state index in [4.69, 9.17) is 4.74 Å². The lowest BCUT2D eigenvalue weighted by Crippen LogP contribution is -2.37. The molecule has 0 radical (unpaired) electrons. The summed E-state index contributed by atoms with van der Waals surface area (Å²) in [5.41, 5.74) is 2.41. The van der Waals surface area contributed by atoms with Gasteiger partial charge in [-0.2, -0.15) is 0 Å². The molecule has 9 heteroatoms. The molecule has 0 bridgehead atoms. The average molecular weight is 554 g/mol. The number of anilines is 2. The highest BCUT2D eigenvalue weighted by atomic mass is 32.2. The van der Waals surface area contributed by atoms with Crippen LogP contribution in [0.1, 0.15) is 15.2 Å². The minimum Gasteiger partial charge on any atom is -0.378 e. The van der Waals surface area contributed by atoms with Crippen LogP contribution >= 0.6 is 11.3 Å². The number of piperidine rings is 1. The lowest BCUT2D eigenvalue weighted by atomic mass is 10.1. The van der Waals surface area contributed by atoms with Crippen LogP contribution in [0.2, 0.25) is 0 Å². The highest BCUT2D eigenvalue weighted by molar-refractivity contribution is 7.84. The van der Waals surface area contributed by atoms with Crippen molar-refractivity contribution in [1.29, 1.82) is 0 Å². The Hall–Kier alpha value is -2.59. The van der Waals surface area contributed by atoms with Crippen molar-refractivity contribution in [2.75, 3.05) is 62.0 Å². The van der Waals surface area contributed by atoms with Crippen LogP contribution in [0.15, 0.2) is 64.9 Å². The number of morpholine rings is 1. The van der Waals surface area contributed by atoms with E-state index in [0.717, 1.165) is 24.5 Å². The van der Waals surface area contributed by atoms with E-state index < -0.39 is 10.8 Å². The normalized spacial score (nSPS) is 23.7. The quantitative estimate of drug-likeness (QED) is 0.412. The van der Waals surface area contributed by atoms with Gasteiger partial charge in [-0.15, -0.1) is 11.3 Å². The molecule has 3 fully saturated rings. The van der Waals surface area contributed by atoms with Crippen LogP contribution in [0.4, 0.5) is 15.8 Å². The molecule has 2 aromatic carbocycles. The number of amides is 1. The van der Waals surface area contributed by atoms with Crippen molar-refractivity contribution < 1.29 is 18.1 Å². The number of ether oxygens (including phenoxy) is 1. The molecule has 1 amide bonds. The summed E-state index contributed by atoms with van der Waals surface area (Å²) in [7, 11) is -0.962. The average Bonchev–Trinajstić information content (AvgIpc) is 3.30. The Morgan fingerprint density at radius 2 is 1.84 bits per heavy atom. The minimum absolute atomic E-state index is 0.0613. The topological polar surface area (TPSA) is 53.1 Å². The third-order valence-electron chi connectivity index (χ3n) is 8.07. The van der Waals surface area contributed by atoms with Gasteiger partial charge in [0.25, 0.3) is 5.91 Å². The van der Waals surface area contributed by atoms with Gasteiger partial charge in [-0.3, -0.25) is 13.9 Å². The van der Waals surface area contributed by atoms with Gasteiger partial charge in [0, 0.05) is 66.9 Å². The van der Waals surface area contributed by atoms with Crippen molar-refractivity contribution in [3.63, 3.8) is 0 Å². The number of halogens is 1. The molecular formula is C29H32FN3O3S2. The Morgan fingerprint density at radius 1 is 1.11 bits per heavy atom. The monoisotopic (exact) mass is 553 g/mol. The minimum atomic E-state index is -0.962. The summed E-state index contributed by atoms with van der Waals surface area (Å²) in [6.07, 6.45) is 1.70. The second-order valence-corrected chi connectivity index (χ2v) is 12.7. The third-order valence-corrected chi connectivity index (χ3v) is 9.87. The zero-order valence-electron chi connectivity index (χ0n) is 21.4. The smallest absolute Gasteiger partial charge is 0.268 e. The number of hydrogen-bond acceptors (Lipinski definition) is 6. The molecule has 0 N–H and O–H groups in total. The third kappa shape index (κ3) is 5.30. The first kappa shape index (κ1) is 25.7. The maximum absolute atomic E-state index is 15.3. The number of hydrogen-bond donors (Lipinski definition) is 0. The summed E-state index contributed by atoms with van der Waals surface area (Å²) < 4.78 is 32.3. The molecule has 3 unspecified atom stereocenters. The van der Waals surface area contributed by atoms with Crippen molar-refractivity contribution in [2.24, 2.45) is 17.8 Å². The fourth-order valence-electron chi connectivity index (χ4n) is 5.96. The Bertz CT molecular complexity index is 1300. The van der Waals surface area contributed by atoms with E-state index in [9.17, 15) is 9.00 Å². The summed E-state index contributed by atoms with van der Waals surface area (Å²) in [6.45, 7) is 6.00. The van der Waals surface area contributed by atoms with Gasteiger partial charge < -0.3 is 14.5 Å². The molecule has 2 aliphatic heterocycles. The first-order valence-corrected chi connectivity index (χ1v) is 15.5. The van der Waals surface area contributed by atoms with E-state index in [1.807, 2.05) is 40.6 Å². The van der Waals surface area contributed by atoms with Crippen molar-refractivity contribution in [2.45, 2.75) is 11.4 Å². The van der Waals surface area contributed by atoms with E-state index in [0.29, 0.717) is 66.9 Å². The van der Waals surface area contributed by atoms with Crippen LogP contribution in [0.3, 0.4) is 0 Å². The first-order valence-electron chi connectivity index (χ1n) is 13.1. The van der Waals surface area contributed by atoms with Gasteiger partial charge in [0.2, 0.25) is 0 Å². The standard InChI is InChI=1S/C29H32FN3O3S2/c1-38(35)22-7-4-20(5-8-22)16-31-17-23-24(18-31)25(23)19-33(29(34)28-3-2-14-37-28)21-6-9-27(26(30)15-21)32-10-12-36-13-11-32/h2-9,14-15,23-25H,10-13,16-19H2,1H3. The molecular weight excluding hydrogens is 521 g/mol. The van der Waals surface area contributed by atoms with Crippen LogP contribution in [0.25, 0.3) is 0 Å². The fraction of sp³-hybridized carbons (Fsp3) is 0.414. The van der Waals surface area contributed by atoms with Gasteiger partial charge in [0.15, 0.2) is 0 Å². The van der Waals surface area contributed by atoms with E-state index in [-0.39, 0.29) is 11.7 Å². The highest BCUT2D eigenvalue weighted by Gasteiger charge is 2.56. The highest BCUT2D eigenvalue weighted by Crippen LogP contribution is 2.52. The molecule has 3 heterocycles. The van der Waals surface area contributed by atoms with Crippen molar-refractivity contribution in [3.05, 3.63) is 76.2 Å². The number of carbonyl (C=O) groups is 1. The van der Waals surface area contributed by atoms with Gasteiger partial charge in [-0.1, -0.05) is 18.2 Å². The second-order valence-electron chi connectivity index (χ2n) is 10.4. The molecule has 1 aromatic heterocycles. The second kappa shape index (κ2) is 10.9. The lowest BCUT2D eigenvalue weighted by Gasteiger charge is -2.30. The first-order chi connectivity index (χ1) is 18.5. The Morgan fingerprint density at radius 3 is 2.47 bits per heavy atom. The van der Waals surface area contributed by atoms with Crippen LogP contribution < -0.4 is 9.80 Å². The van der Waals surface area contributed by atoms with E-state index in [2.05, 4.69) is 17.0 Å². The zero-order chi connectivity index (χ0) is 26.2. The summed E-state index contributed by atoms with van der Waals surface area (Å²) in [5.74, 6) is 1.16. The molecule has 1 aliphatic carbocycles. The SMILES string of the molecule is CS(=O)c1ccc(CN2CC3C(C2)C3CN(C(=O)c2cccs2)c2ccc(N3CCOCC3)c(F)c2)cc1. The van der Waals surface area contributed by atoms with Crippen LogP contribution in [0.5, 0.6) is 0 Å². The zero-order valence-corrected chi connectivity index (χ0v) is 23.1. The van der Waals surface area contributed by atoms with Crippen LogP contribution in [0, 0.1) is 23.6 Å². The number of thiophene rings is 1. The van der Waals surface area contributed by atoms with Crippen LogP contribution in [-0.2, 0) is 22.1 Å². The predicted molar refractivity (Wildman–Crippen MR) is 150 cm³/mol. The van der Waals surface area contributed by atoms with Crippen molar-refractivity contribution in [1.82, 2.24) is 4.90 Å². The van der Waals surface area contributed by atoms with Gasteiger partial charge in [-0.25, -0.2) is 4.39 Å². The molecule has 38 heavy (non-hydrogen) atoms. The fourth-order valence-corrected chi connectivity index (χ4v) is 7.15. The van der Waals surface area contributed by atoms with Gasteiger partial charge in [0.1, 0.15) is 5.82 Å². The molecule has 200 valence electrons. The molecule has 6 nitrogen and oxygen atoms in total. The number of rotatable bonds is 8. The number of carbonyl (C=O) groups excluding carboxylic acids is 1. The molecule has 0 spiro atoms. The summed E-state index contributed by atoms with van der Waals surface area (Å²) in [5, 5.41) is 1.90. The van der Waals surface area contributed by atoms with E-state index in [1.54, 1.807) is 17.2 Å². The summed E-state index contributed by atoms with van der Waals surface area (Å²) in [4.78, 5) is 21.3. The molecule has 2 saturated heterocycles. The Kier molecular flexibility index (Phi) is 7.35. The van der Waals surface area contributed by atoms with Gasteiger partial charge in [-0.05, 0) is 65.1 Å². The number of fused-ring (bicyclic) bond motifs is 1. The lowest BCUT2D eigenvalue weighted by molar-refractivity contribution is 0.0988. The molecule has 3 aromatic rings. The number of likely N-dealkylation sites (tertiary alicyclic amines) is 1. The van der Waals surface area contributed by atoms with E-state index >= 15 is 4.39 Å². The maximum Gasteiger partial charge on any atom is 0.268 e. The summed E-state index contributed by atoms with van der Waals surface area (Å²) >= 11 is 1.42. The largest absolute Gasteiger partial charge is 0.378 e. The van der Waals surface area contributed by atoms with Crippen molar-refractivity contribution in [3.8, 4) is 0 Å². The number of nitrogens with zero attached hydrogens (tertiary/aromatic N) is 3. The molecule has 1 saturated carbocycles. The molecule has 3 atom stereocenters. The number of benzene rings is 2. The Labute approximate surface area is 229 Å². The maximum atomic E-state index is 15.3. The van der Waals surface area contributed by atoms with Gasteiger partial charge >= 0.3 is 0 Å². The van der Waals surface area contributed by atoms with Crippen molar-refractivity contribution >= 4 is 39.4 Å². The molecule has 6 rings (SSSR count). The molecule has 3 aliphatic rings. The predicted octanol–water partition coefficient (Wildman–Crippen LogP) is 4.49. The van der Waals surface area contributed by atoms with Gasteiger partial charge in [0.05, 0.1) is 23.8 Å². The Balaban J connectivity index is 1.13. The van der Waals surface area contributed by atoms with Crippen LogP contribution in [-0.4, -0.2) is 67.2 Å².